The smallest absolute Gasteiger partial charge is 0.0637 e. The van der Waals surface area contributed by atoms with Gasteiger partial charge in [0.05, 0.1) is 6.61 Å². The van der Waals surface area contributed by atoms with Crippen molar-refractivity contribution in [2.75, 3.05) is 26.3 Å². The minimum Gasteiger partial charge on any atom is -0.380 e. The van der Waals surface area contributed by atoms with Crippen LogP contribution in [0.5, 0.6) is 0 Å². The summed E-state index contributed by atoms with van der Waals surface area (Å²) in [5.41, 5.74) is 0. The molecule has 0 amide bonds. The fourth-order valence-electron chi connectivity index (χ4n) is 3.35. The summed E-state index contributed by atoms with van der Waals surface area (Å²) in [6.45, 7) is 8.84. The molecule has 0 aromatic rings. The number of hydrogen-bond donors (Lipinski definition) is 1. The van der Waals surface area contributed by atoms with E-state index >= 15 is 0 Å². The first-order valence-corrected chi connectivity index (χ1v) is 7.43. The first-order valence-electron chi connectivity index (χ1n) is 7.43. The van der Waals surface area contributed by atoms with Gasteiger partial charge >= 0.3 is 0 Å². The van der Waals surface area contributed by atoms with Crippen molar-refractivity contribution >= 4 is 0 Å². The van der Waals surface area contributed by atoms with E-state index in [2.05, 4.69) is 24.1 Å². The molecule has 2 aliphatic heterocycles. The quantitative estimate of drug-likeness (QED) is 0.795. The standard InChI is InChI=1S/C14H28N2O/c1-3-8-15-13-7-10-17-11-14(13)16-9-5-6-12(16)4-2/h12-15H,3-11H2,1-2H3. The van der Waals surface area contributed by atoms with Crippen LogP contribution in [-0.2, 0) is 4.74 Å². The molecule has 0 spiro atoms. The molecule has 2 aliphatic rings. The van der Waals surface area contributed by atoms with Gasteiger partial charge in [-0.2, -0.15) is 0 Å². The van der Waals surface area contributed by atoms with Crippen LogP contribution in [-0.4, -0.2) is 49.3 Å². The second-order valence-corrected chi connectivity index (χ2v) is 5.43. The Balaban J connectivity index is 1.94. The SMILES string of the molecule is CCCNC1CCOCC1N1CCCC1CC. The van der Waals surface area contributed by atoms with E-state index in [-0.39, 0.29) is 0 Å². The van der Waals surface area contributed by atoms with Gasteiger partial charge in [-0.25, -0.2) is 0 Å². The first kappa shape index (κ1) is 13.3. The zero-order valence-electron chi connectivity index (χ0n) is 11.5. The van der Waals surface area contributed by atoms with Crippen LogP contribution >= 0.6 is 0 Å². The lowest BCUT2D eigenvalue weighted by Crippen LogP contribution is -2.56. The van der Waals surface area contributed by atoms with Gasteiger partial charge in [0, 0.05) is 24.7 Å². The van der Waals surface area contributed by atoms with Crippen molar-refractivity contribution < 1.29 is 4.74 Å². The van der Waals surface area contributed by atoms with Crippen molar-refractivity contribution in [2.45, 2.75) is 64.1 Å². The monoisotopic (exact) mass is 240 g/mol. The lowest BCUT2D eigenvalue weighted by molar-refractivity contribution is -0.00835. The molecule has 3 nitrogen and oxygen atoms in total. The van der Waals surface area contributed by atoms with Gasteiger partial charge in [-0.1, -0.05) is 13.8 Å². The molecule has 0 aliphatic carbocycles. The summed E-state index contributed by atoms with van der Waals surface area (Å²) in [4.78, 5) is 2.71. The molecule has 0 aromatic heterocycles. The van der Waals surface area contributed by atoms with Gasteiger partial charge in [0.1, 0.15) is 0 Å². The summed E-state index contributed by atoms with van der Waals surface area (Å²) in [7, 11) is 0. The molecule has 3 unspecified atom stereocenters. The van der Waals surface area contributed by atoms with Crippen LogP contribution in [0.15, 0.2) is 0 Å². The highest BCUT2D eigenvalue weighted by Crippen LogP contribution is 2.26. The summed E-state index contributed by atoms with van der Waals surface area (Å²) >= 11 is 0. The number of ether oxygens (including phenoxy) is 1. The molecule has 2 heterocycles. The Labute approximate surface area is 106 Å². The van der Waals surface area contributed by atoms with E-state index in [1.165, 1.54) is 38.6 Å². The first-order chi connectivity index (χ1) is 8.36. The van der Waals surface area contributed by atoms with Gasteiger partial charge in [-0.05, 0) is 45.2 Å². The molecule has 0 radical (unpaired) electrons. The fraction of sp³-hybridized carbons (Fsp3) is 1.00. The van der Waals surface area contributed by atoms with Crippen molar-refractivity contribution in [3.05, 3.63) is 0 Å². The predicted octanol–water partition coefficient (Wildman–Crippen LogP) is 2.02. The normalized spacial score (nSPS) is 35.3. The topological polar surface area (TPSA) is 24.5 Å². The number of hydrogen-bond acceptors (Lipinski definition) is 3. The minimum atomic E-state index is 0.614. The molecular formula is C14H28N2O. The van der Waals surface area contributed by atoms with E-state index in [0.29, 0.717) is 12.1 Å². The maximum atomic E-state index is 5.72. The van der Waals surface area contributed by atoms with Crippen molar-refractivity contribution in [2.24, 2.45) is 0 Å². The Morgan fingerprint density at radius 3 is 2.94 bits per heavy atom. The van der Waals surface area contributed by atoms with Gasteiger partial charge in [-0.3, -0.25) is 4.90 Å². The largest absolute Gasteiger partial charge is 0.380 e. The molecule has 0 aromatic carbocycles. The molecule has 2 fully saturated rings. The lowest BCUT2D eigenvalue weighted by Gasteiger charge is -2.41. The molecular weight excluding hydrogens is 212 g/mol. The van der Waals surface area contributed by atoms with E-state index < -0.39 is 0 Å². The van der Waals surface area contributed by atoms with Gasteiger partial charge in [0.25, 0.3) is 0 Å². The maximum Gasteiger partial charge on any atom is 0.0637 e. The second kappa shape index (κ2) is 6.72. The van der Waals surface area contributed by atoms with Crippen LogP contribution < -0.4 is 5.32 Å². The van der Waals surface area contributed by atoms with Crippen LogP contribution in [0.2, 0.25) is 0 Å². The molecule has 1 N–H and O–H groups in total. The van der Waals surface area contributed by atoms with Gasteiger partial charge < -0.3 is 10.1 Å². The van der Waals surface area contributed by atoms with Crippen molar-refractivity contribution in [3.63, 3.8) is 0 Å². The molecule has 100 valence electrons. The van der Waals surface area contributed by atoms with E-state index in [1.807, 2.05) is 0 Å². The average Bonchev–Trinajstić information content (AvgIpc) is 2.84. The summed E-state index contributed by atoms with van der Waals surface area (Å²) in [6, 6.07) is 2.06. The number of nitrogens with one attached hydrogen (secondary N) is 1. The highest BCUT2D eigenvalue weighted by Gasteiger charge is 2.35. The Hall–Kier alpha value is -0.120. The van der Waals surface area contributed by atoms with Gasteiger partial charge in [0.2, 0.25) is 0 Å². The molecule has 0 bridgehead atoms. The van der Waals surface area contributed by atoms with E-state index in [4.69, 9.17) is 4.74 Å². The molecule has 3 heteroatoms. The molecule has 0 saturated carbocycles. The Morgan fingerprint density at radius 2 is 2.18 bits per heavy atom. The third kappa shape index (κ3) is 3.21. The second-order valence-electron chi connectivity index (χ2n) is 5.43. The summed E-state index contributed by atoms with van der Waals surface area (Å²) in [5.74, 6) is 0. The Morgan fingerprint density at radius 1 is 1.29 bits per heavy atom. The third-order valence-electron chi connectivity index (χ3n) is 4.30. The van der Waals surface area contributed by atoms with Crippen LogP contribution in [0.25, 0.3) is 0 Å². The van der Waals surface area contributed by atoms with E-state index in [1.54, 1.807) is 0 Å². The number of nitrogens with zero attached hydrogens (tertiary/aromatic N) is 1. The fourth-order valence-corrected chi connectivity index (χ4v) is 3.35. The zero-order valence-corrected chi connectivity index (χ0v) is 11.5. The Bertz CT molecular complexity index is 222. The Kier molecular flexibility index (Phi) is 5.26. The minimum absolute atomic E-state index is 0.614. The molecule has 17 heavy (non-hydrogen) atoms. The number of likely N-dealkylation sites (tertiary alicyclic amines) is 1. The lowest BCUT2D eigenvalue weighted by atomic mass is 10.00. The summed E-state index contributed by atoms with van der Waals surface area (Å²) in [6.07, 6.45) is 6.44. The highest BCUT2D eigenvalue weighted by atomic mass is 16.5. The molecule has 2 saturated heterocycles. The van der Waals surface area contributed by atoms with Crippen LogP contribution in [0.1, 0.15) is 46.0 Å². The summed E-state index contributed by atoms with van der Waals surface area (Å²) in [5, 5.41) is 3.72. The maximum absolute atomic E-state index is 5.72. The number of rotatable bonds is 5. The van der Waals surface area contributed by atoms with E-state index in [9.17, 15) is 0 Å². The van der Waals surface area contributed by atoms with Crippen LogP contribution in [0.3, 0.4) is 0 Å². The van der Waals surface area contributed by atoms with Crippen LogP contribution in [0, 0.1) is 0 Å². The predicted molar refractivity (Wildman–Crippen MR) is 71.3 cm³/mol. The van der Waals surface area contributed by atoms with Crippen LogP contribution in [0.4, 0.5) is 0 Å². The van der Waals surface area contributed by atoms with Crippen molar-refractivity contribution in [1.82, 2.24) is 10.2 Å². The molecule has 3 atom stereocenters. The van der Waals surface area contributed by atoms with E-state index in [0.717, 1.165) is 25.8 Å². The zero-order chi connectivity index (χ0) is 12.1. The van der Waals surface area contributed by atoms with Crippen molar-refractivity contribution in [1.29, 1.82) is 0 Å². The van der Waals surface area contributed by atoms with Gasteiger partial charge in [0.15, 0.2) is 0 Å². The average molecular weight is 240 g/mol. The third-order valence-corrected chi connectivity index (χ3v) is 4.30. The highest BCUT2D eigenvalue weighted by molar-refractivity contribution is 4.92. The van der Waals surface area contributed by atoms with Crippen molar-refractivity contribution in [3.8, 4) is 0 Å². The summed E-state index contributed by atoms with van der Waals surface area (Å²) < 4.78 is 5.72. The molecule has 2 rings (SSSR count). The van der Waals surface area contributed by atoms with Gasteiger partial charge in [-0.15, -0.1) is 0 Å².